The summed E-state index contributed by atoms with van der Waals surface area (Å²) in [6.07, 6.45) is 1.10. The van der Waals surface area contributed by atoms with Crippen LogP contribution in [-0.4, -0.2) is 21.8 Å². The summed E-state index contributed by atoms with van der Waals surface area (Å²) in [5.74, 6) is -1.92. The minimum absolute atomic E-state index is 0.0228. The van der Waals surface area contributed by atoms with E-state index in [2.05, 4.69) is 14.7 Å². The van der Waals surface area contributed by atoms with Gasteiger partial charge in [0, 0.05) is 0 Å². The Balaban J connectivity index is 2.09. The number of anilines is 1. The molecule has 0 fully saturated rings. The van der Waals surface area contributed by atoms with Crippen LogP contribution >= 0.6 is 0 Å². The van der Waals surface area contributed by atoms with E-state index < -0.39 is 17.5 Å². The first kappa shape index (κ1) is 11.5. The molecule has 0 radical (unpaired) electrons. The first-order valence-electron chi connectivity index (χ1n) is 5.49. The lowest BCUT2D eigenvalue weighted by Gasteiger charge is -2.14. The van der Waals surface area contributed by atoms with Crippen molar-refractivity contribution in [2.24, 2.45) is 0 Å². The molecule has 7 heteroatoms. The third-order valence-electron chi connectivity index (χ3n) is 2.87. The van der Waals surface area contributed by atoms with Crippen molar-refractivity contribution < 1.29 is 18.5 Å². The zero-order chi connectivity index (χ0) is 13.6. The Morgan fingerprint density at radius 1 is 1.37 bits per heavy atom. The van der Waals surface area contributed by atoms with Gasteiger partial charge in [0.15, 0.2) is 5.82 Å². The van der Waals surface area contributed by atoms with Crippen molar-refractivity contribution in [2.75, 3.05) is 4.90 Å². The molecular weight excluding hydrogens is 253 g/mol. The summed E-state index contributed by atoms with van der Waals surface area (Å²) < 4.78 is 18.5. The quantitative estimate of drug-likeness (QED) is 0.760. The van der Waals surface area contributed by atoms with E-state index in [1.807, 2.05) is 0 Å². The Kier molecular flexibility index (Phi) is 2.41. The topological polar surface area (TPSA) is 76.3 Å². The zero-order valence-electron chi connectivity index (χ0n) is 9.88. The minimum Gasteiger partial charge on any atom is -0.343 e. The van der Waals surface area contributed by atoms with Crippen LogP contribution in [-0.2, 0) is 11.3 Å². The number of carbonyl (C=O) groups excluding carboxylic acids is 2. The van der Waals surface area contributed by atoms with Gasteiger partial charge in [-0.2, -0.15) is 4.98 Å². The van der Waals surface area contributed by atoms with E-state index in [1.54, 1.807) is 6.92 Å². The van der Waals surface area contributed by atoms with Crippen LogP contribution in [0, 0.1) is 12.7 Å². The molecule has 6 nitrogen and oxygen atoms in total. The highest BCUT2D eigenvalue weighted by atomic mass is 19.1. The number of hydrogen-bond donors (Lipinski definition) is 0. The third-order valence-corrected chi connectivity index (χ3v) is 2.87. The second-order valence-corrected chi connectivity index (χ2v) is 4.21. The summed E-state index contributed by atoms with van der Waals surface area (Å²) >= 11 is 0. The number of halogens is 1. The summed E-state index contributed by atoms with van der Waals surface area (Å²) in [6.45, 7) is 1.55. The van der Waals surface area contributed by atoms with Gasteiger partial charge in [0.25, 0.3) is 11.7 Å². The number of ketones is 1. The van der Waals surface area contributed by atoms with Crippen molar-refractivity contribution in [3.8, 4) is 0 Å². The molecule has 0 bridgehead atoms. The number of Topliss-reactive ketones (excluding diaryl/α,β-unsaturated/α-hetero) is 1. The fourth-order valence-corrected chi connectivity index (χ4v) is 2.08. The number of aromatic nitrogens is 2. The normalized spacial score (nSPS) is 14.1. The smallest absolute Gasteiger partial charge is 0.299 e. The van der Waals surface area contributed by atoms with Crippen LogP contribution in [0.4, 0.5) is 10.1 Å². The molecule has 1 aromatic heterocycles. The van der Waals surface area contributed by atoms with E-state index in [4.69, 9.17) is 0 Å². The maximum Gasteiger partial charge on any atom is 0.299 e. The molecule has 1 aliphatic heterocycles. The van der Waals surface area contributed by atoms with Crippen LogP contribution < -0.4 is 4.90 Å². The Morgan fingerprint density at radius 3 is 2.84 bits per heavy atom. The van der Waals surface area contributed by atoms with E-state index >= 15 is 0 Å². The zero-order valence-corrected chi connectivity index (χ0v) is 9.88. The molecule has 0 N–H and O–H groups in total. The summed E-state index contributed by atoms with van der Waals surface area (Å²) in [7, 11) is 0. The van der Waals surface area contributed by atoms with Crippen LogP contribution in [0.3, 0.4) is 0 Å². The molecule has 0 aliphatic carbocycles. The van der Waals surface area contributed by atoms with Gasteiger partial charge in [-0.1, -0.05) is 5.16 Å². The van der Waals surface area contributed by atoms with Gasteiger partial charge in [-0.25, -0.2) is 4.39 Å². The molecule has 3 rings (SSSR count). The van der Waals surface area contributed by atoms with Gasteiger partial charge in [0.1, 0.15) is 5.82 Å². The summed E-state index contributed by atoms with van der Waals surface area (Å²) in [6, 6.07) is 2.77. The third kappa shape index (κ3) is 1.70. The molecule has 19 heavy (non-hydrogen) atoms. The van der Waals surface area contributed by atoms with Crippen LogP contribution in [0.2, 0.25) is 0 Å². The van der Waals surface area contributed by atoms with Crippen molar-refractivity contribution in [3.63, 3.8) is 0 Å². The van der Waals surface area contributed by atoms with Gasteiger partial charge in [0.05, 0.1) is 17.8 Å². The van der Waals surface area contributed by atoms with Crippen molar-refractivity contribution in [1.29, 1.82) is 0 Å². The van der Waals surface area contributed by atoms with Gasteiger partial charge >= 0.3 is 0 Å². The van der Waals surface area contributed by atoms with Crippen molar-refractivity contribution in [3.05, 3.63) is 41.3 Å². The number of carbonyl (C=O) groups is 2. The molecule has 96 valence electrons. The molecule has 0 spiro atoms. The lowest BCUT2D eigenvalue weighted by Crippen LogP contribution is -2.30. The molecule has 1 aromatic carbocycles. The highest BCUT2D eigenvalue weighted by Gasteiger charge is 2.38. The van der Waals surface area contributed by atoms with Gasteiger partial charge in [-0.3, -0.25) is 14.5 Å². The maximum atomic E-state index is 14.0. The number of nitrogens with zero attached hydrogens (tertiary/aromatic N) is 3. The fourth-order valence-electron chi connectivity index (χ4n) is 2.08. The van der Waals surface area contributed by atoms with Crippen LogP contribution in [0.15, 0.2) is 23.0 Å². The van der Waals surface area contributed by atoms with Gasteiger partial charge in [0.2, 0.25) is 6.39 Å². The van der Waals surface area contributed by atoms with Crippen LogP contribution in [0.5, 0.6) is 0 Å². The number of hydrogen-bond acceptors (Lipinski definition) is 5. The van der Waals surface area contributed by atoms with Gasteiger partial charge in [-0.15, -0.1) is 0 Å². The highest BCUT2D eigenvalue weighted by Crippen LogP contribution is 2.33. The average Bonchev–Trinajstić information content (AvgIpc) is 2.93. The minimum atomic E-state index is -0.788. The summed E-state index contributed by atoms with van der Waals surface area (Å²) in [5.41, 5.74) is 0.634. The van der Waals surface area contributed by atoms with Crippen molar-refractivity contribution in [2.45, 2.75) is 13.5 Å². The molecule has 0 unspecified atom stereocenters. The van der Waals surface area contributed by atoms with E-state index in [-0.39, 0.29) is 23.6 Å². The molecule has 1 aliphatic rings. The van der Waals surface area contributed by atoms with E-state index in [1.165, 1.54) is 12.1 Å². The first-order chi connectivity index (χ1) is 9.08. The van der Waals surface area contributed by atoms with E-state index in [9.17, 15) is 14.0 Å². The molecular formula is C12H8FN3O3. The average molecular weight is 261 g/mol. The fraction of sp³-hybridized carbons (Fsp3) is 0.167. The predicted molar refractivity (Wildman–Crippen MR) is 61.0 cm³/mol. The van der Waals surface area contributed by atoms with Crippen LogP contribution in [0.25, 0.3) is 0 Å². The largest absolute Gasteiger partial charge is 0.343 e. The van der Waals surface area contributed by atoms with E-state index in [0.717, 1.165) is 11.3 Å². The number of aryl methyl sites for hydroxylation is 1. The Hall–Kier alpha value is -2.57. The van der Waals surface area contributed by atoms with Crippen LogP contribution in [0.1, 0.15) is 21.7 Å². The van der Waals surface area contributed by atoms with Crippen molar-refractivity contribution in [1.82, 2.24) is 10.1 Å². The van der Waals surface area contributed by atoms with E-state index in [0.29, 0.717) is 5.56 Å². The lowest BCUT2D eigenvalue weighted by molar-refractivity contribution is -0.114. The molecule has 2 aromatic rings. The maximum absolute atomic E-state index is 14.0. The second-order valence-electron chi connectivity index (χ2n) is 4.21. The lowest BCUT2D eigenvalue weighted by atomic mass is 10.1. The monoisotopic (exact) mass is 261 g/mol. The predicted octanol–water partition coefficient (Wildman–Crippen LogP) is 1.25. The number of fused-ring (bicyclic) bond motifs is 1. The molecule has 1 amide bonds. The number of benzene rings is 1. The standard InChI is InChI=1S/C12H8FN3O3/c1-6-2-7-10(8(13)3-6)16(12(18)11(7)17)4-9-14-5-19-15-9/h2-3,5H,4H2,1H3. The SMILES string of the molecule is Cc1cc(F)c2c(c1)C(=O)C(=O)N2Cc1ncon1. The Bertz CT molecular complexity index is 682. The van der Waals surface area contributed by atoms with Gasteiger partial charge < -0.3 is 4.52 Å². The summed E-state index contributed by atoms with van der Waals surface area (Å²) in [4.78, 5) is 28.5. The Morgan fingerprint density at radius 2 is 2.16 bits per heavy atom. The number of amides is 1. The molecule has 2 heterocycles. The Labute approximate surface area is 106 Å². The molecule has 0 atom stereocenters. The summed E-state index contributed by atoms with van der Waals surface area (Å²) in [5, 5.41) is 3.55. The van der Waals surface area contributed by atoms with Crippen molar-refractivity contribution >= 4 is 17.4 Å². The number of rotatable bonds is 2. The molecule has 0 saturated carbocycles. The second kappa shape index (κ2) is 3.98. The van der Waals surface area contributed by atoms with Gasteiger partial charge in [-0.05, 0) is 24.6 Å². The highest BCUT2D eigenvalue weighted by molar-refractivity contribution is 6.52. The molecule has 0 saturated heterocycles. The first-order valence-corrected chi connectivity index (χ1v) is 5.49.